The Morgan fingerprint density at radius 1 is 0.412 bits per heavy atom. The second kappa shape index (κ2) is 14.6. The molecule has 0 atom stereocenters. The Kier molecular flexibility index (Phi) is 20.2. The molecule has 0 aliphatic heterocycles. The quantitative estimate of drug-likeness (QED) is 0.181. The topological polar surface area (TPSA) is 71.4 Å². The number of nitriles is 3. The minimum absolute atomic E-state index is 0. The van der Waals surface area contributed by atoms with Crippen molar-refractivity contribution in [3.63, 3.8) is 0 Å². The van der Waals surface area contributed by atoms with Crippen molar-refractivity contribution in [2.75, 3.05) is 0 Å². The molecule has 0 spiro atoms. The van der Waals surface area contributed by atoms with Gasteiger partial charge in [0.25, 0.3) is 0 Å². The van der Waals surface area contributed by atoms with Gasteiger partial charge >= 0.3 is 92.2 Å². The standard InChI is InChI=1S/C10H15.3C2H3N.12FH.Rh.2Sb/c1-6-7(2)9(4)10(5)8(6)3;3*1-2-3;;;;;;;;;;;;;;;/h1-5H3;3*1H3;12*1H;;;/q;;;;;;;;;;;;;;;;+3;2*+5/p-12. The Bertz CT molecular complexity index is 563. The fraction of sp³-hybridized carbons (Fsp3) is 0.500. The summed E-state index contributed by atoms with van der Waals surface area (Å²) >= 11 is -22.5. The number of nitrogens with zero attached hydrogens (tertiary/aromatic N) is 3. The second-order valence-electron chi connectivity index (χ2n) is 5.71. The van der Waals surface area contributed by atoms with E-state index < -0.39 is 39.0 Å². The van der Waals surface area contributed by atoms with E-state index in [4.69, 9.17) is 15.8 Å². The largest absolute Gasteiger partial charge is 3.00 e. The molecule has 1 saturated carbocycles. The molecule has 205 valence electrons. The Morgan fingerprint density at radius 2 is 0.441 bits per heavy atom. The van der Waals surface area contributed by atoms with Crippen LogP contribution in [0.4, 0.5) is 33.8 Å². The van der Waals surface area contributed by atoms with Crippen molar-refractivity contribution in [3.8, 4) is 18.2 Å². The van der Waals surface area contributed by atoms with Crippen molar-refractivity contribution in [2.24, 2.45) is 0 Å². The third-order valence-electron chi connectivity index (χ3n) is 2.81. The summed E-state index contributed by atoms with van der Waals surface area (Å²) in [4.78, 5) is 0. The second-order valence-corrected chi connectivity index (χ2v) is 16.7. The van der Waals surface area contributed by atoms with Gasteiger partial charge in [-0.3, -0.25) is 0 Å². The molecular weight excluding hydrogens is 809 g/mol. The maximum Gasteiger partial charge on any atom is 3.00 e. The number of hydrogen-bond donors (Lipinski definition) is 0. The van der Waals surface area contributed by atoms with Gasteiger partial charge in [-0.2, -0.15) is 15.8 Å². The molecule has 34 heavy (non-hydrogen) atoms. The molecule has 0 heterocycles. The van der Waals surface area contributed by atoms with E-state index in [1.807, 2.05) is 0 Å². The smallest absolute Gasteiger partial charge is 3.00 e. The first-order chi connectivity index (χ1) is 13.7. The van der Waals surface area contributed by atoms with Crippen molar-refractivity contribution in [2.45, 2.75) is 55.4 Å². The summed E-state index contributed by atoms with van der Waals surface area (Å²) < 4.78 is 119. The van der Waals surface area contributed by atoms with Crippen molar-refractivity contribution >= 4 is 39.0 Å². The molecule has 1 rings (SSSR count). The van der Waals surface area contributed by atoms with Crippen LogP contribution < -0.4 is 0 Å². The van der Waals surface area contributed by atoms with Crippen molar-refractivity contribution in [1.82, 2.24) is 0 Å². The normalized spacial score (nSPS) is 18.6. The van der Waals surface area contributed by atoms with Gasteiger partial charge in [0.05, 0.1) is 18.2 Å². The third kappa shape index (κ3) is 76.9. The van der Waals surface area contributed by atoms with Crippen LogP contribution in [0.2, 0.25) is 0 Å². The maximum atomic E-state index is 9.93. The van der Waals surface area contributed by atoms with Crippen LogP contribution in [0.5, 0.6) is 0 Å². The maximum absolute atomic E-state index is 11.2. The predicted molar refractivity (Wildman–Crippen MR) is 103 cm³/mol. The molecular formula is C16H24F12N3RhSb2+. The Morgan fingerprint density at radius 3 is 0.471 bits per heavy atom. The van der Waals surface area contributed by atoms with Gasteiger partial charge in [0.1, 0.15) is 0 Å². The summed E-state index contributed by atoms with van der Waals surface area (Å²) in [6, 6.07) is 5.25. The number of halogens is 12. The molecule has 1 fully saturated rings. The zero-order chi connectivity index (χ0) is 28.8. The molecule has 18 heteroatoms. The first-order valence-corrected chi connectivity index (χ1v) is 19.5. The van der Waals surface area contributed by atoms with E-state index in [1.165, 1.54) is 50.4 Å². The van der Waals surface area contributed by atoms with Crippen LogP contribution in [0.1, 0.15) is 55.4 Å². The molecule has 0 N–H and O–H groups in total. The summed E-state index contributed by atoms with van der Waals surface area (Å²) in [5.74, 6) is 7.34. The van der Waals surface area contributed by atoms with Crippen molar-refractivity contribution in [1.29, 1.82) is 15.8 Å². The zero-order valence-electron chi connectivity index (χ0n) is 19.1. The van der Waals surface area contributed by atoms with Crippen LogP contribution in [-0.4, -0.2) is 39.0 Å². The van der Waals surface area contributed by atoms with Crippen LogP contribution in [0.15, 0.2) is 0 Å². The fourth-order valence-electron chi connectivity index (χ4n) is 1.41. The molecule has 0 aromatic heterocycles. The van der Waals surface area contributed by atoms with Crippen molar-refractivity contribution < 1.29 is 53.2 Å². The van der Waals surface area contributed by atoms with Gasteiger partial charge in [-0.15, -0.1) is 0 Å². The van der Waals surface area contributed by atoms with E-state index >= 15 is 0 Å². The van der Waals surface area contributed by atoms with E-state index in [-0.39, 0.29) is 19.5 Å². The molecule has 1 aliphatic carbocycles. The number of hydrogen-bond acceptors (Lipinski definition) is 3. The molecule has 0 saturated heterocycles. The van der Waals surface area contributed by atoms with Gasteiger partial charge in [0.2, 0.25) is 0 Å². The van der Waals surface area contributed by atoms with Crippen molar-refractivity contribution in [3.05, 3.63) is 29.6 Å². The Balaban J connectivity index is -0.0000000738. The molecule has 0 amide bonds. The monoisotopic (exact) mass is 831 g/mol. The molecule has 0 aromatic carbocycles. The van der Waals surface area contributed by atoms with Crippen LogP contribution in [0.25, 0.3) is 0 Å². The number of rotatable bonds is 0. The summed E-state index contributed by atoms with van der Waals surface area (Å²) in [7, 11) is 0. The zero-order valence-corrected chi connectivity index (χ0v) is 25.8. The summed E-state index contributed by atoms with van der Waals surface area (Å²) in [5.41, 5.74) is 0. The van der Waals surface area contributed by atoms with Crippen LogP contribution in [0, 0.1) is 63.6 Å². The average molecular weight is 833 g/mol. The summed E-state index contributed by atoms with van der Waals surface area (Å²) in [6.07, 6.45) is 0. The first kappa shape index (κ1) is 47.1. The first-order valence-electron chi connectivity index (χ1n) is 7.95. The molecule has 0 aromatic rings. The Hall–Kier alpha value is -0.110. The molecule has 5 radical (unpaired) electrons. The van der Waals surface area contributed by atoms with E-state index in [9.17, 15) is 33.8 Å². The summed E-state index contributed by atoms with van der Waals surface area (Å²) in [5, 5.41) is 22.0. The van der Waals surface area contributed by atoms with E-state index in [0.29, 0.717) is 0 Å². The molecule has 0 unspecified atom stereocenters. The summed E-state index contributed by atoms with van der Waals surface area (Å²) in [6.45, 7) is 15.3. The van der Waals surface area contributed by atoms with Crippen LogP contribution in [-0.2, 0) is 19.5 Å². The average Bonchev–Trinajstić information content (AvgIpc) is 2.61. The third-order valence-corrected chi connectivity index (χ3v) is 2.81. The minimum Gasteiger partial charge on any atom is 3.00 e. The minimum atomic E-state index is -11.2. The van der Waals surface area contributed by atoms with Gasteiger partial charge in [-0.25, -0.2) is 0 Å². The molecule has 3 nitrogen and oxygen atoms in total. The van der Waals surface area contributed by atoms with E-state index in [0.717, 1.165) is 0 Å². The Labute approximate surface area is 210 Å². The molecule has 0 bridgehead atoms. The fourth-order valence-corrected chi connectivity index (χ4v) is 1.41. The van der Waals surface area contributed by atoms with Crippen LogP contribution >= 0.6 is 0 Å². The van der Waals surface area contributed by atoms with E-state index in [2.05, 4.69) is 34.6 Å². The van der Waals surface area contributed by atoms with Gasteiger partial charge in [-0.1, -0.05) is 34.6 Å². The predicted octanol–water partition coefficient (Wildman–Crippen LogP) is 8.84. The van der Waals surface area contributed by atoms with Gasteiger partial charge in [0.15, 0.2) is 0 Å². The van der Waals surface area contributed by atoms with Crippen LogP contribution in [0.3, 0.4) is 0 Å². The van der Waals surface area contributed by atoms with Gasteiger partial charge in [-0.05, 0) is 29.6 Å². The SMILES string of the molecule is CC#N.CC#N.CC#N.C[C]1[C](C)[C](C)[C](C)[C]1C.[F][Sb-]([F])([F])([F])([F])[F].[F][Sb-]([F])([F])([F])([F])[F].[Rh+3]. The van der Waals surface area contributed by atoms with Gasteiger partial charge < -0.3 is 0 Å². The molecule has 1 aliphatic rings. The van der Waals surface area contributed by atoms with Gasteiger partial charge in [0, 0.05) is 20.8 Å². The van der Waals surface area contributed by atoms with E-state index in [1.54, 1.807) is 18.2 Å².